The van der Waals surface area contributed by atoms with Gasteiger partial charge in [-0.25, -0.2) is 0 Å². The van der Waals surface area contributed by atoms with Crippen molar-refractivity contribution in [3.05, 3.63) is 130 Å². The second-order valence-electron chi connectivity index (χ2n) is 8.99. The van der Waals surface area contributed by atoms with Crippen LogP contribution in [0.15, 0.2) is 108 Å². The van der Waals surface area contributed by atoms with Crippen molar-refractivity contribution in [2.75, 3.05) is 0 Å². The molecular weight excluding hydrogens is 484 g/mol. The summed E-state index contributed by atoms with van der Waals surface area (Å²) in [6.45, 7) is 0. The van der Waals surface area contributed by atoms with Crippen LogP contribution >= 0.6 is 27.3 Å². The lowest BCUT2D eigenvalue weighted by Gasteiger charge is -2.30. The summed E-state index contributed by atoms with van der Waals surface area (Å²) in [7, 11) is 0. The molecule has 1 heterocycles. The van der Waals surface area contributed by atoms with Gasteiger partial charge in [0.25, 0.3) is 0 Å². The molecule has 5 aromatic carbocycles. The highest BCUT2D eigenvalue weighted by molar-refractivity contribution is 9.10. The molecule has 2 aliphatic carbocycles. The Bertz CT molecular complexity index is 1740. The van der Waals surface area contributed by atoms with E-state index in [0.29, 0.717) is 0 Å². The highest BCUT2D eigenvalue weighted by Crippen LogP contribution is 2.64. The number of hydrogen-bond donors (Lipinski definition) is 0. The molecule has 0 amide bonds. The van der Waals surface area contributed by atoms with E-state index < -0.39 is 0 Å². The first kappa shape index (κ1) is 18.3. The van der Waals surface area contributed by atoms with Crippen molar-refractivity contribution in [1.29, 1.82) is 0 Å². The Labute approximate surface area is 204 Å². The Morgan fingerprint density at radius 1 is 0.545 bits per heavy atom. The van der Waals surface area contributed by atoms with Gasteiger partial charge in [0.2, 0.25) is 0 Å². The van der Waals surface area contributed by atoms with Gasteiger partial charge in [0.1, 0.15) is 0 Å². The second-order valence-corrected chi connectivity index (χ2v) is 11.0. The number of thiophene rings is 1. The molecule has 2 heteroatoms. The highest BCUT2D eigenvalue weighted by Gasteiger charge is 2.51. The minimum atomic E-state index is -0.270. The van der Waals surface area contributed by atoms with Crippen molar-refractivity contribution in [3.8, 4) is 22.3 Å². The van der Waals surface area contributed by atoms with Gasteiger partial charge in [-0.15, -0.1) is 11.3 Å². The standard InChI is InChI=1S/C31H17BrS/c32-18-13-15-27-22(17-18)30-28(33-27)16-14-26-29(30)21-9-3-6-12-25(21)31(26)23-10-4-1-7-19(23)20-8-2-5-11-24(20)31/h1-17H. The number of hydrogen-bond acceptors (Lipinski definition) is 1. The molecule has 8 rings (SSSR count). The van der Waals surface area contributed by atoms with E-state index in [9.17, 15) is 0 Å². The van der Waals surface area contributed by atoms with E-state index in [2.05, 4.69) is 119 Å². The maximum absolute atomic E-state index is 3.72. The molecule has 0 atom stereocenters. The predicted molar refractivity (Wildman–Crippen MR) is 143 cm³/mol. The van der Waals surface area contributed by atoms with Gasteiger partial charge in [0.15, 0.2) is 0 Å². The Morgan fingerprint density at radius 3 is 1.82 bits per heavy atom. The van der Waals surface area contributed by atoms with Gasteiger partial charge in [-0.1, -0.05) is 94.8 Å². The maximum Gasteiger partial charge on any atom is 0.0725 e. The number of rotatable bonds is 0. The number of halogens is 1. The van der Waals surface area contributed by atoms with Crippen LogP contribution in [0.2, 0.25) is 0 Å². The van der Waals surface area contributed by atoms with Crippen molar-refractivity contribution in [3.63, 3.8) is 0 Å². The van der Waals surface area contributed by atoms with Crippen LogP contribution in [0.1, 0.15) is 22.3 Å². The van der Waals surface area contributed by atoms with E-state index in [-0.39, 0.29) is 5.41 Å². The third-order valence-electron chi connectivity index (χ3n) is 7.55. The third kappa shape index (κ3) is 2.08. The smallest absolute Gasteiger partial charge is 0.0725 e. The molecule has 154 valence electrons. The topological polar surface area (TPSA) is 0 Å². The first-order valence-electron chi connectivity index (χ1n) is 11.2. The Hall–Kier alpha value is -3.20. The minimum absolute atomic E-state index is 0.270. The fourth-order valence-electron chi connectivity index (χ4n) is 6.42. The van der Waals surface area contributed by atoms with E-state index >= 15 is 0 Å². The van der Waals surface area contributed by atoms with Crippen molar-refractivity contribution in [1.82, 2.24) is 0 Å². The molecule has 33 heavy (non-hydrogen) atoms. The summed E-state index contributed by atoms with van der Waals surface area (Å²) in [5, 5.41) is 2.73. The van der Waals surface area contributed by atoms with Gasteiger partial charge in [-0.3, -0.25) is 0 Å². The van der Waals surface area contributed by atoms with Gasteiger partial charge < -0.3 is 0 Å². The molecule has 0 radical (unpaired) electrons. The highest BCUT2D eigenvalue weighted by atomic mass is 79.9. The predicted octanol–water partition coefficient (Wildman–Crippen LogP) is 9.16. The lowest BCUT2D eigenvalue weighted by atomic mass is 9.70. The van der Waals surface area contributed by atoms with Crippen molar-refractivity contribution in [2.45, 2.75) is 5.41 Å². The molecule has 0 unspecified atom stereocenters. The Balaban J connectivity index is 1.64. The molecule has 0 aliphatic heterocycles. The molecule has 0 saturated heterocycles. The first-order chi connectivity index (χ1) is 16.3. The van der Waals surface area contributed by atoms with E-state index in [0.717, 1.165) is 4.47 Å². The summed E-state index contributed by atoms with van der Waals surface area (Å²) in [6, 6.07) is 38.5. The molecular formula is C31H17BrS. The van der Waals surface area contributed by atoms with Crippen LogP contribution in [-0.4, -0.2) is 0 Å². The van der Waals surface area contributed by atoms with Crippen LogP contribution in [0.25, 0.3) is 42.4 Å². The molecule has 0 fully saturated rings. The summed E-state index contributed by atoms with van der Waals surface area (Å²) in [6.07, 6.45) is 0. The molecule has 0 saturated carbocycles. The van der Waals surface area contributed by atoms with Crippen LogP contribution in [0, 0.1) is 0 Å². The van der Waals surface area contributed by atoms with Gasteiger partial charge in [-0.05, 0) is 68.8 Å². The molecule has 0 bridgehead atoms. The third-order valence-corrected chi connectivity index (χ3v) is 9.18. The number of benzene rings is 5. The van der Waals surface area contributed by atoms with Gasteiger partial charge in [0, 0.05) is 24.6 Å². The fraction of sp³-hybridized carbons (Fsp3) is 0.0323. The zero-order valence-electron chi connectivity index (χ0n) is 17.6. The summed E-state index contributed by atoms with van der Waals surface area (Å²) in [5.74, 6) is 0. The Kier molecular flexibility index (Phi) is 3.44. The van der Waals surface area contributed by atoms with E-state index in [4.69, 9.17) is 0 Å². The van der Waals surface area contributed by atoms with Gasteiger partial charge in [-0.2, -0.15) is 0 Å². The minimum Gasteiger partial charge on any atom is -0.135 e. The van der Waals surface area contributed by atoms with E-state index in [1.807, 2.05) is 11.3 Å². The van der Waals surface area contributed by atoms with Crippen molar-refractivity contribution >= 4 is 47.4 Å². The van der Waals surface area contributed by atoms with Crippen LogP contribution in [0.3, 0.4) is 0 Å². The van der Waals surface area contributed by atoms with Crippen LogP contribution < -0.4 is 0 Å². The quantitative estimate of drug-likeness (QED) is 0.194. The van der Waals surface area contributed by atoms with Gasteiger partial charge >= 0.3 is 0 Å². The average Bonchev–Trinajstić information content (AvgIpc) is 3.47. The summed E-state index contributed by atoms with van der Waals surface area (Å²) in [5.41, 5.74) is 10.8. The van der Waals surface area contributed by atoms with Gasteiger partial charge in [0.05, 0.1) is 5.41 Å². The summed E-state index contributed by atoms with van der Waals surface area (Å²) >= 11 is 5.61. The zero-order chi connectivity index (χ0) is 21.7. The van der Waals surface area contributed by atoms with Crippen LogP contribution in [-0.2, 0) is 5.41 Å². The summed E-state index contributed by atoms with van der Waals surface area (Å²) < 4.78 is 3.82. The fourth-order valence-corrected chi connectivity index (χ4v) is 7.88. The lowest BCUT2D eigenvalue weighted by Crippen LogP contribution is -2.25. The van der Waals surface area contributed by atoms with E-state index in [1.54, 1.807) is 0 Å². The molecule has 1 spiro atoms. The molecule has 1 aromatic heterocycles. The lowest BCUT2D eigenvalue weighted by molar-refractivity contribution is 0.794. The maximum atomic E-state index is 3.72. The second kappa shape index (κ2) is 6.22. The molecule has 0 N–H and O–H groups in total. The molecule has 6 aromatic rings. The summed E-state index contributed by atoms with van der Waals surface area (Å²) in [4.78, 5) is 0. The van der Waals surface area contributed by atoms with Crippen LogP contribution in [0.4, 0.5) is 0 Å². The average molecular weight is 501 g/mol. The van der Waals surface area contributed by atoms with Crippen molar-refractivity contribution in [2.24, 2.45) is 0 Å². The SMILES string of the molecule is Brc1ccc2sc3ccc4c(c3c2c1)-c1ccccc1C41c2ccccc2-c2ccccc21. The number of fused-ring (bicyclic) bond motifs is 14. The largest absolute Gasteiger partial charge is 0.135 e. The van der Waals surface area contributed by atoms with E-state index in [1.165, 1.54) is 64.7 Å². The first-order valence-corrected chi connectivity index (χ1v) is 12.8. The normalized spacial score (nSPS) is 14.5. The molecule has 2 aliphatic rings. The van der Waals surface area contributed by atoms with Crippen molar-refractivity contribution < 1.29 is 0 Å². The molecule has 0 nitrogen and oxygen atoms in total. The Morgan fingerprint density at radius 2 is 1.12 bits per heavy atom. The zero-order valence-corrected chi connectivity index (χ0v) is 20.0. The monoisotopic (exact) mass is 500 g/mol. The van der Waals surface area contributed by atoms with Crippen LogP contribution in [0.5, 0.6) is 0 Å².